The summed E-state index contributed by atoms with van der Waals surface area (Å²) in [5.41, 5.74) is 0. The van der Waals surface area contributed by atoms with Crippen LogP contribution in [0.5, 0.6) is 0 Å². The van der Waals surface area contributed by atoms with Crippen molar-refractivity contribution in [1.82, 2.24) is 0 Å². The van der Waals surface area contributed by atoms with Gasteiger partial charge in [0.15, 0.2) is 0 Å². The van der Waals surface area contributed by atoms with Crippen LogP contribution in [-0.4, -0.2) is 9.41 Å². The molecular formula is HF4NaSi. The van der Waals surface area contributed by atoms with E-state index < -0.39 is 9.41 Å². The maximum Gasteiger partial charge on any atom is 1.00 e. The molecule has 0 saturated carbocycles. The summed E-state index contributed by atoms with van der Waals surface area (Å²) in [4.78, 5) is 0. The molecule has 6 heteroatoms. The van der Waals surface area contributed by atoms with Crippen LogP contribution in [0.15, 0.2) is 0 Å². The first-order chi connectivity index (χ1) is 2.00. The van der Waals surface area contributed by atoms with Crippen molar-refractivity contribution in [2.75, 3.05) is 0 Å². The molecule has 6 heavy (non-hydrogen) atoms. The normalized spacial score (nSPS) is 10.0. The summed E-state index contributed by atoms with van der Waals surface area (Å²) < 4.78 is 39.3. The molecule has 0 aromatic heterocycles. The largest absolute Gasteiger partial charge is 1.00 e. The SMILES string of the molecule is F[Si](F)(F)F.[H-].[Na+]. The minimum absolute atomic E-state index is 0. The summed E-state index contributed by atoms with van der Waals surface area (Å²) in [6, 6.07) is 0. The molecule has 0 heterocycles. The van der Waals surface area contributed by atoms with Crippen molar-refractivity contribution in [3.05, 3.63) is 0 Å². The van der Waals surface area contributed by atoms with Gasteiger partial charge in [-0.15, -0.1) is 0 Å². The maximum atomic E-state index is 9.83. The van der Waals surface area contributed by atoms with E-state index in [1.807, 2.05) is 0 Å². The second-order valence-electron chi connectivity index (χ2n) is 0.429. The van der Waals surface area contributed by atoms with E-state index in [1.54, 1.807) is 0 Å². The van der Waals surface area contributed by atoms with Gasteiger partial charge in [0.1, 0.15) is 0 Å². The maximum absolute atomic E-state index is 9.83. The van der Waals surface area contributed by atoms with Crippen LogP contribution in [0.2, 0.25) is 0 Å². The fourth-order valence-corrected chi connectivity index (χ4v) is 0. The average molecular weight is 128 g/mol. The van der Waals surface area contributed by atoms with Crippen LogP contribution in [0.25, 0.3) is 0 Å². The van der Waals surface area contributed by atoms with Crippen molar-refractivity contribution in [2.45, 2.75) is 0 Å². The van der Waals surface area contributed by atoms with Gasteiger partial charge < -0.3 is 1.43 Å². The van der Waals surface area contributed by atoms with Gasteiger partial charge in [-0.2, -0.15) is 0 Å². The van der Waals surface area contributed by atoms with Crippen LogP contribution in [0.3, 0.4) is 0 Å². The van der Waals surface area contributed by atoms with Gasteiger partial charge in [0, 0.05) is 0 Å². The third-order valence-electron chi connectivity index (χ3n) is 0. The monoisotopic (exact) mass is 128 g/mol. The van der Waals surface area contributed by atoms with E-state index in [0.29, 0.717) is 0 Å². The zero-order valence-corrected chi connectivity index (χ0v) is 6.01. The van der Waals surface area contributed by atoms with Gasteiger partial charge in [0.2, 0.25) is 0 Å². The van der Waals surface area contributed by atoms with Gasteiger partial charge >= 0.3 is 39.0 Å². The van der Waals surface area contributed by atoms with E-state index in [2.05, 4.69) is 0 Å². The Morgan fingerprint density at radius 1 is 1.00 bits per heavy atom. The van der Waals surface area contributed by atoms with Gasteiger partial charge in [0.25, 0.3) is 0 Å². The zero-order chi connectivity index (χ0) is 4.50. The predicted molar refractivity (Wildman–Crippen MR) is 11.3 cm³/mol. The van der Waals surface area contributed by atoms with Gasteiger partial charge in [-0.3, -0.25) is 0 Å². The first-order valence-electron chi connectivity index (χ1n) is 0.756. The molecule has 0 bridgehead atoms. The second kappa shape index (κ2) is 3.01. The van der Waals surface area contributed by atoms with E-state index in [4.69, 9.17) is 0 Å². The Morgan fingerprint density at radius 2 is 1.00 bits per heavy atom. The fourth-order valence-electron chi connectivity index (χ4n) is 0. The van der Waals surface area contributed by atoms with Crippen molar-refractivity contribution in [1.29, 1.82) is 0 Å². The quantitative estimate of drug-likeness (QED) is 0.210. The van der Waals surface area contributed by atoms with Gasteiger partial charge in [-0.1, -0.05) is 0 Å². The van der Waals surface area contributed by atoms with Crippen LogP contribution >= 0.6 is 0 Å². The topological polar surface area (TPSA) is 0 Å². The van der Waals surface area contributed by atoms with Gasteiger partial charge in [-0.25, -0.2) is 16.4 Å². The van der Waals surface area contributed by atoms with E-state index in [-0.39, 0.29) is 31.0 Å². The Kier molecular flexibility index (Phi) is 5.03. The van der Waals surface area contributed by atoms with E-state index in [9.17, 15) is 16.4 Å². The number of halogens is 4. The Morgan fingerprint density at radius 3 is 1.00 bits per heavy atom. The van der Waals surface area contributed by atoms with Crippen LogP contribution in [0.4, 0.5) is 16.4 Å². The molecule has 0 nitrogen and oxygen atoms in total. The first-order valence-corrected chi connectivity index (χ1v) is 2.27. The van der Waals surface area contributed by atoms with E-state index >= 15 is 0 Å². The van der Waals surface area contributed by atoms with Crippen LogP contribution < -0.4 is 29.6 Å². The molecule has 0 aromatic rings. The smallest absolute Gasteiger partial charge is 1.00 e. The van der Waals surface area contributed by atoms with E-state index in [1.165, 1.54) is 0 Å². The summed E-state index contributed by atoms with van der Waals surface area (Å²) in [5.74, 6) is 0. The Labute approximate surface area is 57.0 Å². The number of rotatable bonds is 0. The predicted octanol–water partition coefficient (Wildman–Crippen LogP) is -1.58. The minimum Gasteiger partial charge on any atom is -1.00 e. The van der Waals surface area contributed by atoms with Crippen LogP contribution in [0.1, 0.15) is 1.43 Å². The molecule has 0 radical (unpaired) electrons. The standard InChI is InChI=1S/F4Si.Na.H/c1-5(2,3)4;;/q;+1;-1. The second-order valence-corrected chi connectivity index (χ2v) is 1.29. The van der Waals surface area contributed by atoms with Gasteiger partial charge in [-0.05, 0) is 0 Å². The Bertz CT molecular complexity index is 27.2. The summed E-state index contributed by atoms with van der Waals surface area (Å²) in [7, 11) is -6.61. The summed E-state index contributed by atoms with van der Waals surface area (Å²) >= 11 is 0. The van der Waals surface area contributed by atoms with Crippen molar-refractivity contribution in [2.24, 2.45) is 0 Å². The summed E-state index contributed by atoms with van der Waals surface area (Å²) in [6.45, 7) is 0. The van der Waals surface area contributed by atoms with Gasteiger partial charge in [0.05, 0.1) is 0 Å². The third kappa shape index (κ3) is 87.2. The fraction of sp³-hybridized carbons (Fsp3) is 0. The molecule has 0 N–H and O–H groups in total. The van der Waals surface area contributed by atoms with Crippen molar-refractivity contribution < 1.29 is 47.4 Å². The molecule has 34 valence electrons. The van der Waals surface area contributed by atoms with E-state index in [0.717, 1.165) is 0 Å². The van der Waals surface area contributed by atoms with Crippen molar-refractivity contribution in [3.8, 4) is 0 Å². The molecule has 0 aromatic carbocycles. The zero-order valence-electron chi connectivity index (χ0n) is 4.01. The Hall–Kier alpha value is 0.937. The van der Waals surface area contributed by atoms with Crippen molar-refractivity contribution in [3.63, 3.8) is 0 Å². The molecule has 0 saturated heterocycles. The first kappa shape index (κ1) is 10.0. The number of hydrogen-bond donors (Lipinski definition) is 0. The molecule has 0 spiro atoms. The Balaban J connectivity index is -0.0000000800. The van der Waals surface area contributed by atoms with Crippen molar-refractivity contribution >= 4 is 9.41 Å². The molecule has 0 aliphatic carbocycles. The molecule has 0 aliphatic rings. The van der Waals surface area contributed by atoms with Crippen LogP contribution in [0, 0.1) is 0 Å². The molecule has 0 amide bonds. The minimum atomic E-state index is -6.61. The average Bonchev–Trinajstić information content (AvgIpc) is 0.722. The molecule has 0 rings (SSSR count). The summed E-state index contributed by atoms with van der Waals surface area (Å²) in [6.07, 6.45) is 0. The van der Waals surface area contributed by atoms with Crippen LogP contribution in [-0.2, 0) is 0 Å². The molecule has 0 fully saturated rings. The third-order valence-corrected chi connectivity index (χ3v) is 0. The molecule has 0 atom stereocenters. The molecule has 0 aliphatic heterocycles. The number of hydrogen-bond acceptors (Lipinski definition) is 0. The molecular weight excluding hydrogens is 127 g/mol. The summed E-state index contributed by atoms with van der Waals surface area (Å²) in [5, 5.41) is 0. The molecule has 0 unspecified atom stereocenters.